The van der Waals surface area contributed by atoms with Gasteiger partial charge >= 0.3 is 0 Å². The molecule has 2 aromatic heterocycles. The number of nitrogens with zero attached hydrogens (tertiary/aromatic N) is 4. The van der Waals surface area contributed by atoms with Crippen molar-refractivity contribution in [2.45, 2.75) is 19.8 Å². The maximum Gasteiger partial charge on any atom is 0.251 e. The number of rotatable bonds is 9. The molecule has 4 rings (SSSR count). The summed E-state index contributed by atoms with van der Waals surface area (Å²) in [5.41, 5.74) is 2.60. The van der Waals surface area contributed by atoms with Crippen LogP contribution in [0.5, 0.6) is 11.5 Å². The normalized spacial score (nSPS) is 11.0. The van der Waals surface area contributed by atoms with Crippen LogP contribution in [-0.4, -0.2) is 52.8 Å². The number of halogens is 1. The van der Waals surface area contributed by atoms with Crippen molar-refractivity contribution in [2.24, 2.45) is 0 Å². The molecule has 1 amide bonds. The Balaban J connectivity index is 1.41. The molecule has 33 heavy (non-hydrogen) atoms. The first-order valence-corrected chi connectivity index (χ1v) is 10.6. The molecule has 0 atom stereocenters. The van der Waals surface area contributed by atoms with Crippen LogP contribution in [0.25, 0.3) is 16.7 Å². The first-order chi connectivity index (χ1) is 16.0. The minimum atomic E-state index is -0.366. The summed E-state index contributed by atoms with van der Waals surface area (Å²) in [5.74, 6) is 1.95. The molecule has 0 spiro atoms. The molecule has 10 heteroatoms. The fraction of sp³-hybridized carbons (Fsp3) is 0.304. The van der Waals surface area contributed by atoms with Crippen molar-refractivity contribution in [2.75, 3.05) is 32.6 Å². The van der Waals surface area contributed by atoms with Crippen LogP contribution in [0.1, 0.15) is 29.0 Å². The van der Waals surface area contributed by atoms with Crippen LogP contribution in [-0.2, 0) is 0 Å². The van der Waals surface area contributed by atoms with Gasteiger partial charge in [0.2, 0.25) is 5.65 Å². The zero-order valence-corrected chi connectivity index (χ0v) is 18.7. The van der Waals surface area contributed by atoms with E-state index in [9.17, 15) is 9.18 Å². The Morgan fingerprint density at radius 2 is 1.73 bits per heavy atom. The predicted octanol–water partition coefficient (Wildman–Crippen LogP) is 3.36. The Kier molecular flexibility index (Phi) is 6.53. The number of hydrogen-bond acceptors (Lipinski definition) is 7. The minimum absolute atomic E-state index is 0.218. The smallest absolute Gasteiger partial charge is 0.251 e. The van der Waals surface area contributed by atoms with Gasteiger partial charge < -0.3 is 20.1 Å². The van der Waals surface area contributed by atoms with Crippen molar-refractivity contribution < 1.29 is 18.7 Å². The molecular weight excluding hydrogens is 427 g/mol. The monoisotopic (exact) mass is 452 g/mol. The fourth-order valence-electron chi connectivity index (χ4n) is 3.58. The van der Waals surface area contributed by atoms with Crippen molar-refractivity contribution in [3.05, 3.63) is 53.6 Å². The Bertz CT molecular complexity index is 1290. The lowest BCUT2D eigenvalue weighted by atomic mass is 10.2. The summed E-state index contributed by atoms with van der Waals surface area (Å²) in [6.07, 6.45) is 1.56. The van der Waals surface area contributed by atoms with Gasteiger partial charge in [0, 0.05) is 30.8 Å². The molecule has 4 aromatic rings. The number of nitrogens with one attached hydrogen (secondary N) is 2. The SMILES string of the molecule is COc1cc2nc(NCCCCNC(=O)c3ccc(F)cc3)c3nnc(C)n3c2cc1OC. The highest BCUT2D eigenvalue weighted by Crippen LogP contribution is 2.33. The van der Waals surface area contributed by atoms with E-state index >= 15 is 0 Å². The lowest BCUT2D eigenvalue weighted by molar-refractivity contribution is 0.0953. The number of carbonyl (C=O) groups is 1. The molecule has 2 heterocycles. The molecule has 0 saturated carbocycles. The Labute approximate surface area is 189 Å². The van der Waals surface area contributed by atoms with E-state index in [0.29, 0.717) is 41.6 Å². The number of anilines is 1. The summed E-state index contributed by atoms with van der Waals surface area (Å²) in [6.45, 7) is 3.03. The zero-order valence-electron chi connectivity index (χ0n) is 18.7. The Morgan fingerprint density at radius 3 is 2.45 bits per heavy atom. The number of methoxy groups -OCH3 is 2. The quantitative estimate of drug-likeness (QED) is 0.375. The van der Waals surface area contributed by atoms with Crippen LogP contribution < -0.4 is 20.1 Å². The van der Waals surface area contributed by atoms with Gasteiger partial charge in [-0.3, -0.25) is 9.20 Å². The molecule has 172 valence electrons. The number of fused-ring (bicyclic) bond motifs is 3. The van der Waals surface area contributed by atoms with Gasteiger partial charge in [0.05, 0.1) is 25.3 Å². The number of aryl methyl sites for hydroxylation is 1. The average molecular weight is 452 g/mol. The summed E-state index contributed by atoms with van der Waals surface area (Å²) in [7, 11) is 3.17. The molecule has 2 N–H and O–H groups in total. The molecule has 0 aliphatic rings. The van der Waals surface area contributed by atoms with E-state index in [-0.39, 0.29) is 11.7 Å². The number of amides is 1. The van der Waals surface area contributed by atoms with Gasteiger partial charge in [0.1, 0.15) is 11.6 Å². The van der Waals surface area contributed by atoms with Crippen LogP contribution in [0.2, 0.25) is 0 Å². The van der Waals surface area contributed by atoms with E-state index in [1.54, 1.807) is 14.2 Å². The molecule has 0 saturated heterocycles. The summed E-state index contributed by atoms with van der Waals surface area (Å²) < 4.78 is 25.7. The molecule has 0 fully saturated rings. The van der Waals surface area contributed by atoms with Crippen molar-refractivity contribution in [1.82, 2.24) is 24.9 Å². The first-order valence-electron chi connectivity index (χ1n) is 10.6. The third kappa shape index (κ3) is 4.64. The van der Waals surface area contributed by atoms with Gasteiger partial charge in [0.15, 0.2) is 17.3 Å². The van der Waals surface area contributed by atoms with Gasteiger partial charge in [-0.2, -0.15) is 0 Å². The summed E-state index contributed by atoms with van der Waals surface area (Å²) >= 11 is 0. The van der Waals surface area contributed by atoms with Gasteiger partial charge in [-0.25, -0.2) is 9.37 Å². The number of benzene rings is 2. The standard InChI is InChI=1S/C23H25FN6O3/c1-14-28-29-22-21(27-17-12-19(32-2)20(33-3)13-18(17)30(14)22)25-10-4-5-11-26-23(31)15-6-8-16(24)9-7-15/h6-9,12-13H,4-5,10-11H2,1-3H3,(H,25,27)(H,26,31). The van der Waals surface area contributed by atoms with Gasteiger partial charge in [-0.05, 0) is 44.0 Å². The largest absolute Gasteiger partial charge is 0.493 e. The van der Waals surface area contributed by atoms with Crippen LogP contribution in [0.4, 0.5) is 10.2 Å². The molecular formula is C23H25FN6O3. The lowest BCUT2D eigenvalue weighted by Gasteiger charge is -2.13. The van der Waals surface area contributed by atoms with Gasteiger partial charge in [-0.15, -0.1) is 10.2 Å². The molecule has 2 aromatic carbocycles. The average Bonchev–Trinajstić information content (AvgIpc) is 3.22. The highest BCUT2D eigenvalue weighted by atomic mass is 19.1. The zero-order chi connectivity index (χ0) is 23.4. The maximum atomic E-state index is 13.0. The van der Waals surface area contributed by atoms with E-state index < -0.39 is 0 Å². The van der Waals surface area contributed by atoms with Gasteiger partial charge in [0.25, 0.3) is 5.91 Å². The van der Waals surface area contributed by atoms with E-state index in [4.69, 9.17) is 14.5 Å². The van der Waals surface area contributed by atoms with E-state index in [1.165, 1.54) is 24.3 Å². The lowest BCUT2D eigenvalue weighted by Crippen LogP contribution is -2.24. The second kappa shape index (κ2) is 9.68. The van der Waals surface area contributed by atoms with Crippen LogP contribution in [0.3, 0.4) is 0 Å². The van der Waals surface area contributed by atoms with Gasteiger partial charge in [-0.1, -0.05) is 0 Å². The number of carbonyl (C=O) groups excluding carboxylic acids is 1. The third-order valence-electron chi connectivity index (χ3n) is 5.28. The molecule has 0 bridgehead atoms. The number of ether oxygens (including phenoxy) is 2. The van der Waals surface area contributed by atoms with Crippen LogP contribution in [0, 0.1) is 12.7 Å². The molecule has 0 radical (unpaired) electrons. The number of hydrogen-bond donors (Lipinski definition) is 2. The minimum Gasteiger partial charge on any atom is -0.493 e. The van der Waals surface area contributed by atoms with Crippen molar-refractivity contribution in [3.8, 4) is 11.5 Å². The second-order valence-electron chi connectivity index (χ2n) is 7.46. The van der Waals surface area contributed by atoms with Crippen LogP contribution in [0.15, 0.2) is 36.4 Å². The second-order valence-corrected chi connectivity index (χ2v) is 7.46. The molecule has 0 aliphatic heterocycles. The summed E-state index contributed by atoms with van der Waals surface area (Å²) in [5, 5.41) is 14.6. The fourth-order valence-corrected chi connectivity index (χ4v) is 3.58. The highest BCUT2D eigenvalue weighted by molar-refractivity contribution is 5.94. The highest BCUT2D eigenvalue weighted by Gasteiger charge is 2.16. The maximum absolute atomic E-state index is 13.0. The Morgan fingerprint density at radius 1 is 1.03 bits per heavy atom. The predicted molar refractivity (Wildman–Crippen MR) is 123 cm³/mol. The third-order valence-corrected chi connectivity index (χ3v) is 5.28. The van der Waals surface area contributed by atoms with E-state index in [1.807, 2.05) is 23.5 Å². The Hall–Kier alpha value is -3.95. The topological polar surface area (TPSA) is 103 Å². The number of aromatic nitrogens is 4. The van der Waals surface area contributed by atoms with Crippen molar-refractivity contribution in [3.63, 3.8) is 0 Å². The first kappa shape index (κ1) is 22.3. The van der Waals surface area contributed by atoms with Crippen molar-refractivity contribution in [1.29, 1.82) is 0 Å². The van der Waals surface area contributed by atoms with Crippen LogP contribution >= 0.6 is 0 Å². The summed E-state index contributed by atoms with van der Waals surface area (Å²) in [4.78, 5) is 16.8. The van der Waals surface area contributed by atoms with E-state index in [2.05, 4.69) is 20.8 Å². The molecule has 0 unspecified atom stereocenters. The molecule has 0 aliphatic carbocycles. The molecule has 9 nitrogen and oxygen atoms in total. The van der Waals surface area contributed by atoms with E-state index in [0.717, 1.165) is 29.7 Å². The van der Waals surface area contributed by atoms with Crippen molar-refractivity contribution >= 4 is 28.4 Å². The number of unbranched alkanes of at least 4 members (excludes halogenated alkanes) is 1. The summed E-state index contributed by atoms with van der Waals surface area (Å²) in [6, 6.07) is 9.16.